The highest BCUT2D eigenvalue weighted by Gasteiger charge is 2.41. The number of nitrogens with one attached hydrogen (secondary N) is 1. The van der Waals surface area contributed by atoms with Gasteiger partial charge in [-0.1, -0.05) is 6.42 Å². The van der Waals surface area contributed by atoms with Gasteiger partial charge >= 0.3 is 0 Å². The average Bonchev–Trinajstić information content (AvgIpc) is 3.08. The molecule has 4 nitrogen and oxygen atoms in total. The van der Waals surface area contributed by atoms with Crippen LogP contribution >= 0.6 is 0 Å². The summed E-state index contributed by atoms with van der Waals surface area (Å²) < 4.78 is 15.8. The molecule has 0 radical (unpaired) electrons. The summed E-state index contributed by atoms with van der Waals surface area (Å²) in [4.78, 5) is 0. The summed E-state index contributed by atoms with van der Waals surface area (Å²) in [5.74, 6) is 2.94. The normalized spacial score (nSPS) is 30.0. The second-order valence-corrected chi connectivity index (χ2v) is 6.30. The van der Waals surface area contributed by atoms with E-state index in [-0.39, 0.29) is 0 Å². The molecule has 4 heteroatoms. The minimum absolute atomic E-state index is 0.645. The number of ether oxygens (including phenoxy) is 3. The zero-order valence-corrected chi connectivity index (χ0v) is 13.1. The minimum Gasteiger partial charge on any atom is -0.382 e. The molecule has 2 saturated carbocycles. The molecule has 0 saturated heterocycles. The molecule has 0 aliphatic heterocycles. The van der Waals surface area contributed by atoms with Crippen LogP contribution in [0, 0.1) is 17.8 Å². The van der Waals surface area contributed by atoms with Gasteiger partial charge in [0.25, 0.3) is 0 Å². The maximum Gasteiger partial charge on any atom is 0.0701 e. The average molecular weight is 285 g/mol. The van der Waals surface area contributed by atoms with Gasteiger partial charge in [0.2, 0.25) is 0 Å². The summed E-state index contributed by atoms with van der Waals surface area (Å²) in [6, 6.07) is 0.645. The number of hydrogen-bond donors (Lipinski definition) is 1. The smallest absolute Gasteiger partial charge is 0.0701 e. The Kier molecular flexibility index (Phi) is 7.28. The number of methoxy groups -OCH3 is 1. The van der Waals surface area contributed by atoms with E-state index in [0.29, 0.717) is 32.5 Å². The predicted octanol–water partition coefficient (Wildman–Crippen LogP) is 2.08. The van der Waals surface area contributed by atoms with Crippen LogP contribution in [0.15, 0.2) is 0 Å². The van der Waals surface area contributed by atoms with Crippen molar-refractivity contribution in [1.82, 2.24) is 5.32 Å². The van der Waals surface area contributed by atoms with Gasteiger partial charge in [-0.2, -0.15) is 0 Å². The fourth-order valence-electron chi connectivity index (χ4n) is 3.88. The first-order chi connectivity index (χ1) is 9.81. The Balaban J connectivity index is 1.41. The molecule has 0 amide bonds. The Morgan fingerprint density at radius 2 is 1.75 bits per heavy atom. The summed E-state index contributed by atoms with van der Waals surface area (Å²) >= 11 is 0. The van der Waals surface area contributed by atoms with Gasteiger partial charge in [0, 0.05) is 19.7 Å². The molecule has 118 valence electrons. The molecule has 2 bridgehead atoms. The van der Waals surface area contributed by atoms with Crippen LogP contribution in [0.1, 0.15) is 32.6 Å². The van der Waals surface area contributed by atoms with Crippen LogP contribution in [0.25, 0.3) is 0 Å². The maximum atomic E-state index is 5.56. The van der Waals surface area contributed by atoms with E-state index in [4.69, 9.17) is 14.2 Å². The van der Waals surface area contributed by atoms with Crippen LogP contribution in [0.5, 0.6) is 0 Å². The van der Waals surface area contributed by atoms with Crippen LogP contribution in [0.3, 0.4) is 0 Å². The van der Waals surface area contributed by atoms with Gasteiger partial charge in [0.1, 0.15) is 0 Å². The van der Waals surface area contributed by atoms with Crippen molar-refractivity contribution >= 4 is 0 Å². The van der Waals surface area contributed by atoms with Crippen molar-refractivity contribution in [2.24, 2.45) is 17.8 Å². The van der Waals surface area contributed by atoms with Gasteiger partial charge < -0.3 is 19.5 Å². The topological polar surface area (TPSA) is 39.7 Å². The lowest BCUT2D eigenvalue weighted by Crippen LogP contribution is -2.38. The van der Waals surface area contributed by atoms with Gasteiger partial charge in [-0.15, -0.1) is 0 Å². The lowest BCUT2D eigenvalue weighted by atomic mass is 9.84. The summed E-state index contributed by atoms with van der Waals surface area (Å²) in [5, 5.41) is 3.63. The first-order valence-electron chi connectivity index (χ1n) is 8.19. The second-order valence-electron chi connectivity index (χ2n) is 6.30. The highest BCUT2D eigenvalue weighted by molar-refractivity contribution is 4.93. The Hall–Kier alpha value is -0.160. The fourth-order valence-corrected chi connectivity index (χ4v) is 3.88. The predicted molar refractivity (Wildman–Crippen MR) is 79.9 cm³/mol. The van der Waals surface area contributed by atoms with Crippen molar-refractivity contribution in [3.05, 3.63) is 0 Å². The van der Waals surface area contributed by atoms with Gasteiger partial charge in [-0.05, 0) is 43.9 Å². The molecule has 2 rings (SSSR count). The molecule has 4 unspecified atom stereocenters. The summed E-state index contributed by atoms with van der Waals surface area (Å²) in [6.45, 7) is 6.71. The van der Waals surface area contributed by atoms with Crippen LogP contribution in [-0.2, 0) is 14.2 Å². The molecular formula is C16H31NO3. The largest absolute Gasteiger partial charge is 0.382 e. The van der Waals surface area contributed by atoms with E-state index in [1.807, 2.05) is 0 Å². The SMILES string of the molecule is COCCOCCOCCNC(C)C1CC2CCC1C2. The quantitative estimate of drug-likeness (QED) is 0.590. The standard InChI is InChI=1S/C16H31NO3/c1-13(16-12-14-3-4-15(16)11-14)17-5-6-19-9-10-20-8-7-18-2/h13-17H,3-12H2,1-2H3. The van der Waals surface area contributed by atoms with E-state index in [1.54, 1.807) is 7.11 Å². The molecule has 2 aliphatic carbocycles. The van der Waals surface area contributed by atoms with Crippen molar-refractivity contribution in [2.45, 2.75) is 38.6 Å². The second kappa shape index (κ2) is 8.98. The van der Waals surface area contributed by atoms with Crippen LogP contribution in [0.2, 0.25) is 0 Å². The zero-order valence-electron chi connectivity index (χ0n) is 13.1. The van der Waals surface area contributed by atoms with Crippen molar-refractivity contribution in [3.63, 3.8) is 0 Å². The first-order valence-corrected chi connectivity index (χ1v) is 8.19. The van der Waals surface area contributed by atoms with Crippen LogP contribution < -0.4 is 5.32 Å². The van der Waals surface area contributed by atoms with Crippen LogP contribution in [0.4, 0.5) is 0 Å². The van der Waals surface area contributed by atoms with E-state index in [1.165, 1.54) is 25.7 Å². The van der Waals surface area contributed by atoms with Crippen molar-refractivity contribution < 1.29 is 14.2 Å². The van der Waals surface area contributed by atoms with Gasteiger partial charge in [-0.25, -0.2) is 0 Å². The number of fused-ring (bicyclic) bond motifs is 2. The number of rotatable bonds is 11. The van der Waals surface area contributed by atoms with Crippen molar-refractivity contribution in [3.8, 4) is 0 Å². The number of hydrogen-bond acceptors (Lipinski definition) is 4. The third kappa shape index (κ3) is 4.99. The van der Waals surface area contributed by atoms with E-state index in [9.17, 15) is 0 Å². The van der Waals surface area contributed by atoms with Crippen molar-refractivity contribution in [1.29, 1.82) is 0 Å². The molecule has 0 heterocycles. The molecule has 20 heavy (non-hydrogen) atoms. The molecule has 0 spiro atoms. The molecule has 4 atom stereocenters. The third-order valence-corrected chi connectivity index (χ3v) is 4.95. The Labute approximate surface area is 123 Å². The Bertz CT molecular complexity index is 262. The van der Waals surface area contributed by atoms with E-state index in [2.05, 4.69) is 12.2 Å². The molecular weight excluding hydrogens is 254 g/mol. The third-order valence-electron chi connectivity index (χ3n) is 4.95. The van der Waals surface area contributed by atoms with Gasteiger partial charge in [0.15, 0.2) is 0 Å². The molecule has 2 aliphatic rings. The van der Waals surface area contributed by atoms with Crippen LogP contribution in [-0.4, -0.2) is 52.7 Å². The highest BCUT2D eigenvalue weighted by Crippen LogP contribution is 2.49. The Morgan fingerprint density at radius 3 is 2.40 bits per heavy atom. The van der Waals surface area contributed by atoms with E-state index < -0.39 is 0 Å². The fraction of sp³-hybridized carbons (Fsp3) is 1.00. The molecule has 0 aromatic rings. The lowest BCUT2D eigenvalue weighted by molar-refractivity contribution is 0.0248. The maximum absolute atomic E-state index is 5.56. The first kappa shape index (κ1) is 16.2. The van der Waals surface area contributed by atoms with E-state index >= 15 is 0 Å². The minimum atomic E-state index is 0.645. The molecule has 0 aromatic heterocycles. The Morgan fingerprint density at radius 1 is 1.00 bits per heavy atom. The summed E-state index contributed by atoms with van der Waals surface area (Å²) in [7, 11) is 1.68. The van der Waals surface area contributed by atoms with Gasteiger partial charge in [0.05, 0.1) is 33.0 Å². The van der Waals surface area contributed by atoms with E-state index in [0.717, 1.165) is 30.9 Å². The van der Waals surface area contributed by atoms with Gasteiger partial charge in [-0.3, -0.25) is 0 Å². The molecule has 0 aromatic carbocycles. The lowest BCUT2D eigenvalue weighted by Gasteiger charge is -2.28. The highest BCUT2D eigenvalue weighted by atomic mass is 16.5. The summed E-state index contributed by atoms with van der Waals surface area (Å²) in [6.07, 6.45) is 5.90. The molecule has 1 N–H and O–H groups in total. The molecule has 2 fully saturated rings. The summed E-state index contributed by atoms with van der Waals surface area (Å²) in [5.41, 5.74) is 0. The van der Waals surface area contributed by atoms with Crippen molar-refractivity contribution in [2.75, 3.05) is 46.7 Å². The zero-order chi connectivity index (χ0) is 14.2. The monoisotopic (exact) mass is 285 g/mol.